The molecule has 0 atom stereocenters. The van der Waals surface area contributed by atoms with Crippen LogP contribution in [-0.2, 0) is 0 Å². The van der Waals surface area contributed by atoms with E-state index in [9.17, 15) is 0 Å². The van der Waals surface area contributed by atoms with Gasteiger partial charge in [0.15, 0.2) is 0 Å². The van der Waals surface area contributed by atoms with Crippen LogP contribution in [0, 0.1) is 6.92 Å². The average molecular weight is 182 g/mol. The first kappa shape index (κ1) is 9.46. The summed E-state index contributed by atoms with van der Waals surface area (Å²) in [6.07, 6.45) is 0. The SMILES string of the molecule is CCSc1cccc(OC)c1C. The zero-order chi connectivity index (χ0) is 8.97. The molecular formula is C10H14OS. The molecule has 0 aromatic heterocycles. The Labute approximate surface area is 78.1 Å². The third-order valence-electron chi connectivity index (χ3n) is 1.75. The largest absolute Gasteiger partial charge is 0.496 e. The van der Waals surface area contributed by atoms with Crippen LogP contribution in [0.1, 0.15) is 12.5 Å². The smallest absolute Gasteiger partial charge is 0.122 e. The van der Waals surface area contributed by atoms with Crippen molar-refractivity contribution in [2.75, 3.05) is 12.9 Å². The Hall–Kier alpha value is -0.630. The maximum atomic E-state index is 5.22. The summed E-state index contributed by atoms with van der Waals surface area (Å²) in [5, 5.41) is 0. The first-order valence-corrected chi connectivity index (χ1v) is 5.04. The Balaban J connectivity index is 2.97. The second-order valence-corrected chi connectivity index (χ2v) is 3.82. The van der Waals surface area contributed by atoms with E-state index >= 15 is 0 Å². The monoisotopic (exact) mass is 182 g/mol. The predicted molar refractivity (Wildman–Crippen MR) is 54.1 cm³/mol. The van der Waals surface area contributed by atoms with Gasteiger partial charge in [0.05, 0.1) is 7.11 Å². The molecule has 0 N–H and O–H groups in total. The van der Waals surface area contributed by atoms with Gasteiger partial charge in [0.1, 0.15) is 5.75 Å². The van der Waals surface area contributed by atoms with Crippen molar-refractivity contribution in [1.82, 2.24) is 0 Å². The van der Waals surface area contributed by atoms with Crippen LogP contribution in [0.5, 0.6) is 5.75 Å². The summed E-state index contributed by atoms with van der Waals surface area (Å²) < 4.78 is 5.22. The predicted octanol–water partition coefficient (Wildman–Crippen LogP) is 3.12. The van der Waals surface area contributed by atoms with Crippen LogP contribution < -0.4 is 4.74 Å². The first-order valence-electron chi connectivity index (χ1n) is 4.06. The molecule has 0 bridgehead atoms. The second-order valence-electron chi connectivity index (χ2n) is 2.52. The van der Waals surface area contributed by atoms with Crippen molar-refractivity contribution in [3.05, 3.63) is 23.8 Å². The van der Waals surface area contributed by atoms with Crippen molar-refractivity contribution < 1.29 is 4.74 Å². The molecule has 0 amide bonds. The number of thioether (sulfide) groups is 1. The van der Waals surface area contributed by atoms with Crippen LogP contribution in [0.2, 0.25) is 0 Å². The molecule has 0 aliphatic carbocycles. The Morgan fingerprint density at radius 3 is 2.75 bits per heavy atom. The summed E-state index contributed by atoms with van der Waals surface area (Å²) in [5.41, 5.74) is 1.24. The molecule has 0 spiro atoms. The summed E-state index contributed by atoms with van der Waals surface area (Å²) in [4.78, 5) is 1.32. The third kappa shape index (κ3) is 1.95. The summed E-state index contributed by atoms with van der Waals surface area (Å²) in [5.74, 6) is 2.09. The topological polar surface area (TPSA) is 9.23 Å². The van der Waals surface area contributed by atoms with E-state index in [0.29, 0.717) is 0 Å². The van der Waals surface area contributed by atoms with E-state index in [4.69, 9.17) is 4.74 Å². The lowest BCUT2D eigenvalue weighted by Crippen LogP contribution is -1.88. The van der Waals surface area contributed by atoms with E-state index in [2.05, 4.69) is 19.9 Å². The number of hydrogen-bond acceptors (Lipinski definition) is 2. The highest BCUT2D eigenvalue weighted by Crippen LogP contribution is 2.28. The number of ether oxygens (including phenoxy) is 1. The number of methoxy groups -OCH3 is 1. The van der Waals surface area contributed by atoms with E-state index in [1.165, 1.54) is 10.5 Å². The van der Waals surface area contributed by atoms with E-state index in [1.54, 1.807) is 7.11 Å². The lowest BCUT2D eigenvalue weighted by molar-refractivity contribution is 0.410. The second kappa shape index (κ2) is 4.41. The molecule has 0 saturated carbocycles. The molecule has 12 heavy (non-hydrogen) atoms. The van der Waals surface area contributed by atoms with Crippen LogP contribution in [-0.4, -0.2) is 12.9 Å². The fraction of sp³-hybridized carbons (Fsp3) is 0.400. The molecule has 0 aliphatic heterocycles. The minimum Gasteiger partial charge on any atom is -0.496 e. The number of hydrogen-bond donors (Lipinski definition) is 0. The van der Waals surface area contributed by atoms with Crippen molar-refractivity contribution in [3.63, 3.8) is 0 Å². The van der Waals surface area contributed by atoms with Crippen LogP contribution in [0.4, 0.5) is 0 Å². The lowest BCUT2D eigenvalue weighted by Gasteiger charge is -2.08. The van der Waals surface area contributed by atoms with Crippen molar-refractivity contribution in [2.24, 2.45) is 0 Å². The van der Waals surface area contributed by atoms with Crippen LogP contribution in [0.15, 0.2) is 23.1 Å². The van der Waals surface area contributed by atoms with Gasteiger partial charge in [-0.2, -0.15) is 0 Å². The van der Waals surface area contributed by atoms with Crippen LogP contribution in [0.3, 0.4) is 0 Å². The molecule has 1 aromatic rings. The quantitative estimate of drug-likeness (QED) is 0.664. The molecule has 0 aliphatic rings. The number of rotatable bonds is 3. The summed E-state index contributed by atoms with van der Waals surface area (Å²) in [6, 6.07) is 6.16. The lowest BCUT2D eigenvalue weighted by atomic mass is 10.2. The molecular weight excluding hydrogens is 168 g/mol. The Morgan fingerprint density at radius 2 is 2.17 bits per heavy atom. The molecule has 1 aromatic carbocycles. The highest BCUT2D eigenvalue weighted by atomic mass is 32.2. The molecule has 0 saturated heterocycles. The fourth-order valence-corrected chi connectivity index (χ4v) is 1.93. The summed E-state index contributed by atoms with van der Waals surface area (Å²) >= 11 is 1.85. The highest BCUT2D eigenvalue weighted by Gasteiger charge is 2.02. The van der Waals surface area contributed by atoms with E-state index in [-0.39, 0.29) is 0 Å². The third-order valence-corrected chi connectivity index (χ3v) is 2.80. The van der Waals surface area contributed by atoms with Crippen molar-refractivity contribution in [1.29, 1.82) is 0 Å². The van der Waals surface area contributed by atoms with E-state index in [1.807, 2.05) is 23.9 Å². The van der Waals surface area contributed by atoms with Crippen LogP contribution >= 0.6 is 11.8 Å². The van der Waals surface area contributed by atoms with Crippen molar-refractivity contribution in [3.8, 4) is 5.75 Å². The van der Waals surface area contributed by atoms with Gasteiger partial charge in [-0.1, -0.05) is 13.0 Å². The molecule has 66 valence electrons. The zero-order valence-electron chi connectivity index (χ0n) is 7.76. The van der Waals surface area contributed by atoms with Gasteiger partial charge in [-0.25, -0.2) is 0 Å². The van der Waals surface area contributed by atoms with Gasteiger partial charge >= 0.3 is 0 Å². The van der Waals surface area contributed by atoms with Gasteiger partial charge in [0.2, 0.25) is 0 Å². The maximum Gasteiger partial charge on any atom is 0.122 e. The molecule has 0 unspecified atom stereocenters. The standard InChI is InChI=1S/C10H14OS/c1-4-12-10-7-5-6-9(11-3)8(10)2/h5-7H,4H2,1-3H3. The molecule has 0 radical (unpaired) electrons. The number of benzene rings is 1. The molecule has 2 heteroatoms. The Bertz CT molecular complexity index is 258. The molecule has 0 heterocycles. The van der Waals surface area contributed by atoms with Gasteiger partial charge in [-0.15, -0.1) is 11.8 Å². The first-order chi connectivity index (χ1) is 5.79. The van der Waals surface area contributed by atoms with E-state index < -0.39 is 0 Å². The van der Waals surface area contributed by atoms with Gasteiger partial charge < -0.3 is 4.74 Å². The molecule has 0 fully saturated rings. The molecule has 1 rings (SSSR count). The van der Waals surface area contributed by atoms with Gasteiger partial charge in [0, 0.05) is 10.5 Å². The average Bonchev–Trinajstić information content (AvgIpc) is 2.09. The van der Waals surface area contributed by atoms with Gasteiger partial charge in [-0.05, 0) is 24.8 Å². The maximum absolute atomic E-state index is 5.22. The van der Waals surface area contributed by atoms with Gasteiger partial charge in [-0.3, -0.25) is 0 Å². The van der Waals surface area contributed by atoms with Crippen molar-refractivity contribution >= 4 is 11.8 Å². The molecule has 1 nitrogen and oxygen atoms in total. The normalized spacial score (nSPS) is 9.92. The Morgan fingerprint density at radius 1 is 1.42 bits per heavy atom. The highest BCUT2D eigenvalue weighted by molar-refractivity contribution is 7.99. The van der Waals surface area contributed by atoms with Crippen molar-refractivity contribution in [2.45, 2.75) is 18.7 Å². The Kier molecular flexibility index (Phi) is 3.48. The zero-order valence-corrected chi connectivity index (χ0v) is 8.57. The minimum atomic E-state index is 0.980. The minimum absolute atomic E-state index is 0.980. The fourth-order valence-electron chi connectivity index (χ4n) is 1.13. The summed E-state index contributed by atoms with van der Waals surface area (Å²) in [7, 11) is 1.71. The summed E-state index contributed by atoms with van der Waals surface area (Å²) in [6.45, 7) is 4.25. The van der Waals surface area contributed by atoms with Crippen LogP contribution in [0.25, 0.3) is 0 Å². The van der Waals surface area contributed by atoms with E-state index in [0.717, 1.165) is 11.5 Å². The van der Waals surface area contributed by atoms with Gasteiger partial charge in [0.25, 0.3) is 0 Å².